The second-order valence-electron chi connectivity index (χ2n) is 6.21. The molecule has 114 valence electrons. The van der Waals surface area contributed by atoms with Crippen LogP contribution in [-0.2, 0) is 10.2 Å². The van der Waals surface area contributed by atoms with E-state index in [1.807, 2.05) is 25.2 Å². The standard InChI is InChI=1S/C16H23N3OS/c1-16(2,3)15-19-12-8-7-11(10-13(12)21-15)18-14(20)6-5-9-17-4/h7-8,10,17H,5-6,9H2,1-4H3,(H,18,20). The number of nitrogens with one attached hydrogen (secondary N) is 2. The van der Waals surface area contributed by atoms with Crippen LogP contribution in [0.1, 0.15) is 38.6 Å². The van der Waals surface area contributed by atoms with E-state index in [0.717, 1.165) is 33.9 Å². The number of carbonyl (C=O) groups excluding carboxylic acids is 1. The smallest absolute Gasteiger partial charge is 0.224 e. The van der Waals surface area contributed by atoms with Gasteiger partial charge in [0.15, 0.2) is 0 Å². The third-order valence-electron chi connectivity index (χ3n) is 3.14. The van der Waals surface area contributed by atoms with Gasteiger partial charge in [0.05, 0.1) is 15.2 Å². The fourth-order valence-corrected chi connectivity index (χ4v) is 3.04. The predicted octanol–water partition coefficient (Wildman–Crippen LogP) is 3.53. The Kier molecular flexibility index (Phi) is 4.96. The molecule has 0 fully saturated rings. The van der Waals surface area contributed by atoms with Crippen LogP contribution in [0.15, 0.2) is 18.2 Å². The summed E-state index contributed by atoms with van der Waals surface area (Å²) in [4.78, 5) is 16.5. The highest BCUT2D eigenvalue weighted by atomic mass is 32.1. The van der Waals surface area contributed by atoms with E-state index in [0.29, 0.717) is 6.42 Å². The van der Waals surface area contributed by atoms with Crippen LogP contribution in [0.4, 0.5) is 5.69 Å². The number of rotatable bonds is 5. The first-order valence-electron chi connectivity index (χ1n) is 7.25. The van der Waals surface area contributed by atoms with Gasteiger partial charge in [0, 0.05) is 17.5 Å². The van der Waals surface area contributed by atoms with E-state index in [1.165, 1.54) is 0 Å². The van der Waals surface area contributed by atoms with E-state index >= 15 is 0 Å². The molecule has 0 saturated carbocycles. The molecular weight excluding hydrogens is 282 g/mol. The van der Waals surface area contributed by atoms with Crippen molar-refractivity contribution in [3.8, 4) is 0 Å². The second-order valence-corrected chi connectivity index (χ2v) is 7.24. The first-order valence-corrected chi connectivity index (χ1v) is 8.07. The maximum atomic E-state index is 11.8. The molecule has 0 unspecified atom stereocenters. The maximum absolute atomic E-state index is 11.8. The molecule has 2 N–H and O–H groups in total. The highest BCUT2D eigenvalue weighted by molar-refractivity contribution is 7.18. The van der Waals surface area contributed by atoms with Crippen LogP contribution in [0.5, 0.6) is 0 Å². The fraction of sp³-hybridized carbons (Fsp3) is 0.500. The lowest BCUT2D eigenvalue weighted by atomic mass is 9.98. The first-order chi connectivity index (χ1) is 9.90. The van der Waals surface area contributed by atoms with E-state index < -0.39 is 0 Å². The summed E-state index contributed by atoms with van der Waals surface area (Å²) in [5, 5.41) is 7.11. The topological polar surface area (TPSA) is 54.0 Å². The molecule has 0 radical (unpaired) electrons. The van der Waals surface area contributed by atoms with Gasteiger partial charge in [-0.2, -0.15) is 0 Å². The van der Waals surface area contributed by atoms with Crippen LogP contribution in [-0.4, -0.2) is 24.5 Å². The molecule has 2 rings (SSSR count). The number of aromatic nitrogens is 1. The predicted molar refractivity (Wildman–Crippen MR) is 90.1 cm³/mol. The van der Waals surface area contributed by atoms with Gasteiger partial charge in [-0.15, -0.1) is 11.3 Å². The molecule has 0 spiro atoms. The summed E-state index contributed by atoms with van der Waals surface area (Å²) >= 11 is 1.69. The molecule has 0 atom stereocenters. The Morgan fingerprint density at radius 3 is 2.76 bits per heavy atom. The van der Waals surface area contributed by atoms with Gasteiger partial charge < -0.3 is 10.6 Å². The van der Waals surface area contributed by atoms with Gasteiger partial charge in [0.1, 0.15) is 0 Å². The molecule has 0 aliphatic carbocycles. The number of thiazole rings is 1. The van der Waals surface area contributed by atoms with E-state index in [2.05, 4.69) is 36.4 Å². The van der Waals surface area contributed by atoms with E-state index in [-0.39, 0.29) is 11.3 Å². The minimum absolute atomic E-state index is 0.0558. The number of anilines is 1. The van der Waals surface area contributed by atoms with Crippen LogP contribution >= 0.6 is 11.3 Å². The van der Waals surface area contributed by atoms with Crippen molar-refractivity contribution in [2.24, 2.45) is 0 Å². The molecular formula is C16H23N3OS. The van der Waals surface area contributed by atoms with Crippen LogP contribution in [0.2, 0.25) is 0 Å². The van der Waals surface area contributed by atoms with Crippen molar-refractivity contribution < 1.29 is 4.79 Å². The summed E-state index contributed by atoms with van der Waals surface area (Å²) in [6.07, 6.45) is 1.38. The zero-order chi connectivity index (χ0) is 15.5. The summed E-state index contributed by atoms with van der Waals surface area (Å²) in [6, 6.07) is 5.91. The minimum Gasteiger partial charge on any atom is -0.326 e. The third kappa shape index (κ3) is 4.25. The first kappa shape index (κ1) is 15.9. The number of benzene rings is 1. The van der Waals surface area contributed by atoms with Crippen molar-refractivity contribution in [3.63, 3.8) is 0 Å². The van der Waals surface area contributed by atoms with E-state index in [1.54, 1.807) is 11.3 Å². The Bertz CT molecular complexity index is 628. The number of nitrogens with zero attached hydrogens (tertiary/aromatic N) is 1. The molecule has 5 heteroatoms. The molecule has 1 amide bonds. The lowest BCUT2D eigenvalue weighted by Gasteiger charge is -2.13. The molecule has 1 aromatic carbocycles. The van der Waals surface area contributed by atoms with Gasteiger partial charge in [-0.25, -0.2) is 4.98 Å². The summed E-state index contributed by atoms with van der Waals surface area (Å²) in [6.45, 7) is 7.34. The maximum Gasteiger partial charge on any atom is 0.224 e. The van der Waals surface area contributed by atoms with Gasteiger partial charge in [-0.3, -0.25) is 4.79 Å². The Labute approximate surface area is 130 Å². The summed E-state index contributed by atoms with van der Waals surface area (Å²) in [5.41, 5.74) is 1.90. The Morgan fingerprint density at radius 1 is 1.33 bits per heavy atom. The van der Waals surface area contributed by atoms with Crippen LogP contribution in [0, 0.1) is 0 Å². The van der Waals surface area contributed by atoms with E-state index in [9.17, 15) is 4.79 Å². The molecule has 0 saturated heterocycles. The van der Waals surface area contributed by atoms with Crippen molar-refractivity contribution >= 4 is 33.1 Å². The second kappa shape index (κ2) is 6.54. The monoisotopic (exact) mass is 305 g/mol. The normalized spacial score (nSPS) is 11.8. The number of hydrogen-bond donors (Lipinski definition) is 2. The molecule has 4 nitrogen and oxygen atoms in total. The lowest BCUT2D eigenvalue weighted by Crippen LogP contribution is -2.15. The quantitative estimate of drug-likeness (QED) is 0.831. The Hall–Kier alpha value is -1.46. The number of fused-ring (bicyclic) bond motifs is 1. The van der Waals surface area contributed by atoms with Gasteiger partial charge >= 0.3 is 0 Å². The lowest BCUT2D eigenvalue weighted by molar-refractivity contribution is -0.116. The van der Waals surface area contributed by atoms with E-state index in [4.69, 9.17) is 0 Å². The average molecular weight is 305 g/mol. The fourth-order valence-electron chi connectivity index (χ4n) is 1.97. The third-order valence-corrected chi connectivity index (χ3v) is 4.59. The zero-order valence-electron chi connectivity index (χ0n) is 13.1. The Balaban J connectivity index is 2.10. The number of amides is 1. The van der Waals surface area contributed by atoms with Gasteiger partial charge in [-0.05, 0) is 38.2 Å². The summed E-state index contributed by atoms with van der Waals surface area (Å²) in [5.74, 6) is 0.0603. The highest BCUT2D eigenvalue weighted by Gasteiger charge is 2.18. The van der Waals surface area contributed by atoms with Crippen LogP contribution < -0.4 is 10.6 Å². The number of hydrogen-bond acceptors (Lipinski definition) is 4. The number of carbonyl (C=O) groups is 1. The van der Waals surface area contributed by atoms with Crippen molar-refractivity contribution in [2.45, 2.75) is 39.0 Å². The summed E-state index contributed by atoms with van der Waals surface area (Å²) in [7, 11) is 1.89. The summed E-state index contributed by atoms with van der Waals surface area (Å²) < 4.78 is 1.12. The largest absolute Gasteiger partial charge is 0.326 e. The van der Waals surface area contributed by atoms with Gasteiger partial charge in [0.25, 0.3) is 0 Å². The molecule has 0 bridgehead atoms. The van der Waals surface area contributed by atoms with Crippen molar-refractivity contribution in [1.82, 2.24) is 10.3 Å². The van der Waals surface area contributed by atoms with Crippen LogP contribution in [0.25, 0.3) is 10.2 Å². The Morgan fingerprint density at radius 2 is 2.10 bits per heavy atom. The van der Waals surface area contributed by atoms with Gasteiger partial charge in [-0.1, -0.05) is 20.8 Å². The van der Waals surface area contributed by atoms with Crippen LogP contribution in [0.3, 0.4) is 0 Å². The van der Waals surface area contributed by atoms with Crippen molar-refractivity contribution in [2.75, 3.05) is 18.9 Å². The molecule has 0 aliphatic rings. The highest BCUT2D eigenvalue weighted by Crippen LogP contribution is 2.32. The van der Waals surface area contributed by atoms with Gasteiger partial charge in [0.2, 0.25) is 5.91 Å². The molecule has 1 heterocycles. The van der Waals surface area contributed by atoms with Crippen molar-refractivity contribution in [3.05, 3.63) is 23.2 Å². The average Bonchev–Trinajstić information content (AvgIpc) is 2.82. The van der Waals surface area contributed by atoms with Crippen molar-refractivity contribution in [1.29, 1.82) is 0 Å². The molecule has 0 aliphatic heterocycles. The minimum atomic E-state index is 0.0558. The molecule has 2 aromatic rings. The molecule has 21 heavy (non-hydrogen) atoms. The zero-order valence-corrected chi connectivity index (χ0v) is 13.9. The SMILES string of the molecule is CNCCCC(=O)Nc1ccc2nc(C(C)(C)C)sc2c1. The molecule has 1 aromatic heterocycles.